The molecule has 2 saturated heterocycles. The van der Waals surface area contributed by atoms with E-state index < -0.39 is 10.0 Å². The van der Waals surface area contributed by atoms with Crippen LogP contribution in [0.3, 0.4) is 0 Å². The van der Waals surface area contributed by atoms with Gasteiger partial charge in [-0.15, -0.1) is 0 Å². The van der Waals surface area contributed by atoms with Crippen molar-refractivity contribution in [2.24, 2.45) is 4.99 Å². The van der Waals surface area contributed by atoms with E-state index in [2.05, 4.69) is 44.8 Å². The Balaban J connectivity index is 1.29. The lowest BCUT2D eigenvalue weighted by Crippen LogP contribution is -2.44. The topological polar surface area (TPSA) is 77.0 Å². The normalized spacial score (nSPS) is 20.2. The van der Waals surface area contributed by atoms with E-state index in [4.69, 9.17) is 0 Å². The van der Waals surface area contributed by atoms with Gasteiger partial charge in [0.2, 0.25) is 10.0 Å². The SMILES string of the molecule is CN=C(NCc1ccc(S(=O)(=O)N2CCCC2)cc1)NC1CCN(c2ccccc2)C1. The molecule has 2 aliphatic rings. The molecule has 0 spiro atoms. The number of para-hydroxylation sites is 1. The largest absolute Gasteiger partial charge is 0.369 e. The van der Waals surface area contributed by atoms with Gasteiger partial charge in [-0.2, -0.15) is 4.31 Å². The van der Waals surface area contributed by atoms with Gasteiger partial charge in [-0.05, 0) is 49.1 Å². The van der Waals surface area contributed by atoms with Gasteiger partial charge in [0.05, 0.1) is 4.90 Å². The average molecular weight is 442 g/mol. The van der Waals surface area contributed by atoms with Crippen LogP contribution >= 0.6 is 0 Å². The number of guanidine groups is 1. The summed E-state index contributed by atoms with van der Waals surface area (Å²) in [6.45, 7) is 3.78. The van der Waals surface area contributed by atoms with E-state index in [1.165, 1.54) is 5.69 Å². The molecule has 2 heterocycles. The van der Waals surface area contributed by atoms with Gasteiger partial charge in [0, 0.05) is 51.5 Å². The molecule has 0 saturated carbocycles. The molecule has 0 bridgehead atoms. The molecule has 2 fully saturated rings. The summed E-state index contributed by atoms with van der Waals surface area (Å²) in [4.78, 5) is 7.09. The first-order valence-corrected chi connectivity index (χ1v) is 12.4. The predicted molar refractivity (Wildman–Crippen MR) is 125 cm³/mol. The second-order valence-electron chi connectivity index (χ2n) is 8.09. The van der Waals surface area contributed by atoms with Crippen LogP contribution in [0.25, 0.3) is 0 Å². The molecule has 31 heavy (non-hydrogen) atoms. The number of nitrogens with one attached hydrogen (secondary N) is 2. The highest BCUT2D eigenvalue weighted by atomic mass is 32.2. The van der Waals surface area contributed by atoms with E-state index in [9.17, 15) is 8.42 Å². The van der Waals surface area contributed by atoms with E-state index in [0.717, 1.165) is 43.9 Å². The van der Waals surface area contributed by atoms with Crippen LogP contribution < -0.4 is 15.5 Å². The quantitative estimate of drug-likeness (QED) is 0.532. The van der Waals surface area contributed by atoms with Gasteiger partial charge in [-0.3, -0.25) is 4.99 Å². The lowest BCUT2D eigenvalue weighted by molar-refractivity contribution is 0.477. The van der Waals surface area contributed by atoms with Crippen LogP contribution in [0.1, 0.15) is 24.8 Å². The highest BCUT2D eigenvalue weighted by Gasteiger charge is 2.27. The maximum atomic E-state index is 12.7. The average Bonchev–Trinajstić information content (AvgIpc) is 3.50. The molecule has 4 rings (SSSR count). The summed E-state index contributed by atoms with van der Waals surface area (Å²) in [5, 5.41) is 6.84. The maximum Gasteiger partial charge on any atom is 0.243 e. The Hall–Kier alpha value is -2.58. The van der Waals surface area contributed by atoms with Crippen molar-refractivity contribution in [1.29, 1.82) is 0 Å². The molecule has 166 valence electrons. The third kappa shape index (κ3) is 5.19. The van der Waals surface area contributed by atoms with Crippen LogP contribution in [0.4, 0.5) is 5.69 Å². The van der Waals surface area contributed by atoms with E-state index in [0.29, 0.717) is 30.6 Å². The van der Waals surface area contributed by atoms with Crippen molar-refractivity contribution in [3.05, 3.63) is 60.2 Å². The highest BCUT2D eigenvalue weighted by molar-refractivity contribution is 7.89. The summed E-state index contributed by atoms with van der Waals surface area (Å²) in [6.07, 6.45) is 2.94. The molecule has 0 amide bonds. The second-order valence-corrected chi connectivity index (χ2v) is 10.0. The molecule has 0 aromatic heterocycles. The summed E-state index contributed by atoms with van der Waals surface area (Å²) in [5.74, 6) is 0.758. The summed E-state index contributed by atoms with van der Waals surface area (Å²) >= 11 is 0. The second kappa shape index (κ2) is 9.70. The Bertz CT molecular complexity index is 986. The van der Waals surface area contributed by atoms with Crippen molar-refractivity contribution in [1.82, 2.24) is 14.9 Å². The zero-order valence-corrected chi connectivity index (χ0v) is 18.8. The van der Waals surface area contributed by atoms with Crippen LogP contribution in [0.15, 0.2) is 64.5 Å². The molecule has 2 aliphatic heterocycles. The van der Waals surface area contributed by atoms with Crippen molar-refractivity contribution < 1.29 is 8.42 Å². The van der Waals surface area contributed by atoms with Gasteiger partial charge in [0.25, 0.3) is 0 Å². The third-order valence-corrected chi connectivity index (χ3v) is 7.87. The number of hydrogen-bond acceptors (Lipinski definition) is 4. The van der Waals surface area contributed by atoms with Crippen molar-refractivity contribution in [2.45, 2.75) is 36.7 Å². The molecule has 0 radical (unpaired) electrons. The maximum absolute atomic E-state index is 12.7. The first kappa shape index (κ1) is 21.6. The zero-order valence-electron chi connectivity index (χ0n) is 18.0. The number of anilines is 1. The van der Waals surface area contributed by atoms with Crippen LogP contribution in [-0.4, -0.2) is 58.0 Å². The molecule has 1 atom stereocenters. The van der Waals surface area contributed by atoms with Gasteiger partial charge < -0.3 is 15.5 Å². The molecule has 2 aromatic rings. The molecule has 1 unspecified atom stereocenters. The molecule has 2 aromatic carbocycles. The van der Waals surface area contributed by atoms with Crippen molar-refractivity contribution in [3.8, 4) is 0 Å². The molecule has 2 N–H and O–H groups in total. The number of nitrogens with zero attached hydrogens (tertiary/aromatic N) is 3. The third-order valence-electron chi connectivity index (χ3n) is 5.96. The van der Waals surface area contributed by atoms with Crippen molar-refractivity contribution >= 4 is 21.7 Å². The minimum Gasteiger partial charge on any atom is -0.369 e. The fourth-order valence-electron chi connectivity index (χ4n) is 4.18. The number of sulfonamides is 1. The number of rotatable bonds is 6. The Labute approximate surface area is 185 Å². The van der Waals surface area contributed by atoms with Gasteiger partial charge in [0.1, 0.15) is 0 Å². The van der Waals surface area contributed by atoms with E-state index in [1.807, 2.05) is 18.2 Å². The Morgan fingerprint density at radius 1 is 1.03 bits per heavy atom. The standard InChI is InChI=1S/C23H31N5O2S/c1-24-23(26-20-13-16-27(18-20)21-7-3-2-4-8-21)25-17-19-9-11-22(12-10-19)31(29,30)28-14-5-6-15-28/h2-4,7-12,20H,5-6,13-18H2,1H3,(H2,24,25,26). The van der Waals surface area contributed by atoms with Crippen molar-refractivity contribution in [3.63, 3.8) is 0 Å². The summed E-state index contributed by atoms with van der Waals surface area (Å²) in [7, 11) is -1.59. The number of aliphatic imine (C=N–C) groups is 1. The lowest BCUT2D eigenvalue weighted by Gasteiger charge is -2.20. The first-order valence-electron chi connectivity index (χ1n) is 10.9. The monoisotopic (exact) mass is 441 g/mol. The first-order chi connectivity index (χ1) is 15.1. The van der Waals surface area contributed by atoms with Gasteiger partial charge >= 0.3 is 0 Å². The smallest absolute Gasteiger partial charge is 0.243 e. The molecule has 7 nitrogen and oxygen atoms in total. The molecular weight excluding hydrogens is 410 g/mol. The predicted octanol–water partition coefficient (Wildman–Crippen LogP) is 2.42. The number of hydrogen-bond donors (Lipinski definition) is 2. The van der Waals surface area contributed by atoms with E-state index in [1.54, 1.807) is 23.5 Å². The van der Waals surface area contributed by atoms with Crippen LogP contribution in [-0.2, 0) is 16.6 Å². The summed E-state index contributed by atoms with van der Waals surface area (Å²) < 4.78 is 26.9. The van der Waals surface area contributed by atoms with Crippen LogP contribution in [0.5, 0.6) is 0 Å². The minimum atomic E-state index is -3.36. The molecular formula is C23H31N5O2S. The fourth-order valence-corrected chi connectivity index (χ4v) is 5.70. The Kier molecular flexibility index (Phi) is 6.77. The molecule has 8 heteroatoms. The Morgan fingerprint density at radius 3 is 2.42 bits per heavy atom. The van der Waals surface area contributed by atoms with Crippen LogP contribution in [0, 0.1) is 0 Å². The van der Waals surface area contributed by atoms with Crippen molar-refractivity contribution in [2.75, 3.05) is 38.1 Å². The summed E-state index contributed by atoms with van der Waals surface area (Å²) in [6, 6.07) is 17.9. The van der Waals surface area contributed by atoms with E-state index >= 15 is 0 Å². The fraction of sp³-hybridized carbons (Fsp3) is 0.435. The lowest BCUT2D eigenvalue weighted by atomic mass is 10.2. The van der Waals surface area contributed by atoms with Gasteiger partial charge in [0.15, 0.2) is 5.96 Å². The zero-order chi connectivity index (χ0) is 21.7. The minimum absolute atomic E-state index is 0.333. The highest BCUT2D eigenvalue weighted by Crippen LogP contribution is 2.21. The van der Waals surface area contributed by atoms with Gasteiger partial charge in [-0.25, -0.2) is 8.42 Å². The number of benzene rings is 2. The van der Waals surface area contributed by atoms with E-state index in [-0.39, 0.29) is 0 Å². The Morgan fingerprint density at radius 2 is 1.74 bits per heavy atom. The summed E-state index contributed by atoms with van der Waals surface area (Å²) in [5.41, 5.74) is 2.26. The molecule has 0 aliphatic carbocycles. The van der Waals surface area contributed by atoms with Gasteiger partial charge in [-0.1, -0.05) is 30.3 Å². The van der Waals surface area contributed by atoms with Crippen LogP contribution in [0.2, 0.25) is 0 Å².